The topological polar surface area (TPSA) is 74.2 Å². The lowest BCUT2D eigenvalue weighted by Gasteiger charge is -2.21. The number of carbonyl (C=O) groups is 1. The maximum atomic E-state index is 10.3. The molecule has 0 aliphatic rings. The number of hydrogen-bond acceptors (Lipinski definition) is 5. The van der Waals surface area contributed by atoms with E-state index < -0.39 is 6.16 Å². The van der Waals surface area contributed by atoms with Crippen LogP contribution in [0.4, 0.5) is 4.79 Å². The second kappa shape index (κ2) is 13.1. The van der Waals surface area contributed by atoms with Gasteiger partial charge in [-0.1, -0.05) is 6.92 Å². The first-order valence-electron chi connectivity index (χ1n) is 7.30. The summed E-state index contributed by atoms with van der Waals surface area (Å²) in [6.07, 6.45) is 0.888. The lowest BCUT2D eigenvalue weighted by Crippen LogP contribution is -2.26. The Morgan fingerprint density at radius 1 is 1.00 bits per heavy atom. The lowest BCUT2D eigenvalue weighted by molar-refractivity contribution is -0.0573. The highest BCUT2D eigenvalue weighted by Gasteiger charge is 2.14. The average molecular weight is 292 g/mol. The van der Waals surface area contributed by atoms with Crippen molar-refractivity contribution in [2.45, 2.75) is 52.2 Å². The summed E-state index contributed by atoms with van der Waals surface area (Å²) >= 11 is 0. The van der Waals surface area contributed by atoms with Gasteiger partial charge in [-0.3, -0.25) is 0 Å². The standard InChI is InChI=1S/C14H28O6/c1-4-12(18-6-3)11-20-13(7-9-17-5-2)8-10-19-14(15)16/h12-13H,4-11H2,1-3H3,(H,15,16). The van der Waals surface area contributed by atoms with E-state index in [1.807, 2.05) is 20.8 Å². The number of rotatable bonds is 13. The van der Waals surface area contributed by atoms with Crippen LogP contribution in [0, 0.1) is 0 Å². The summed E-state index contributed by atoms with van der Waals surface area (Å²) in [5.74, 6) is 0. The molecule has 0 fully saturated rings. The van der Waals surface area contributed by atoms with Gasteiger partial charge < -0.3 is 24.1 Å². The molecule has 20 heavy (non-hydrogen) atoms. The van der Waals surface area contributed by atoms with Crippen molar-refractivity contribution in [3.63, 3.8) is 0 Å². The third-order valence-corrected chi connectivity index (χ3v) is 2.83. The predicted molar refractivity (Wildman–Crippen MR) is 75.1 cm³/mol. The van der Waals surface area contributed by atoms with Crippen molar-refractivity contribution in [1.82, 2.24) is 0 Å². The molecule has 0 aliphatic carbocycles. The molecule has 2 atom stereocenters. The maximum absolute atomic E-state index is 10.3. The molecule has 0 rings (SSSR count). The maximum Gasteiger partial charge on any atom is 0.505 e. The highest BCUT2D eigenvalue weighted by Crippen LogP contribution is 2.09. The van der Waals surface area contributed by atoms with E-state index in [4.69, 9.17) is 19.3 Å². The summed E-state index contributed by atoms with van der Waals surface area (Å²) in [5, 5.41) is 8.46. The van der Waals surface area contributed by atoms with E-state index in [1.54, 1.807) is 0 Å². The Morgan fingerprint density at radius 2 is 1.70 bits per heavy atom. The molecule has 120 valence electrons. The summed E-state index contributed by atoms with van der Waals surface area (Å²) in [4.78, 5) is 10.3. The molecule has 0 radical (unpaired) electrons. The van der Waals surface area contributed by atoms with Gasteiger partial charge in [-0.25, -0.2) is 4.79 Å². The van der Waals surface area contributed by atoms with Crippen LogP contribution in [0.5, 0.6) is 0 Å². The second-order valence-corrected chi connectivity index (χ2v) is 4.33. The summed E-state index contributed by atoms with van der Waals surface area (Å²) in [6, 6.07) is 0. The smallest absolute Gasteiger partial charge is 0.450 e. The van der Waals surface area contributed by atoms with Gasteiger partial charge in [-0.05, 0) is 26.7 Å². The van der Waals surface area contributed by atoms with Gasteiger partial charge in [0, 0.05) is 26.2 Å². The molecule has 6 heteroatoms. The van der Waals surface area contributed by atoms with Gasteiger partial charge in [0.1, 0.15) is 0 Å². The molecule has 0 spiro atoms. The van der Waals surface area contributed by atoms with Crippen molar-refractivity contribution < 1.29 is 28.8 Å². The molecule has 0 aromatic rings. The van der Waals surface area contributed by atoms with Crippen LogP contribution in [0.15, 0.2) is 0 Å². The molecular formula is C14H28O6. The molecular weight excluding hydrogens is 264 g/mol. The van der Waals surface area contributed by atoms with Gasteiger partial charge >= 0.3 is 6.16 Å². The Morgan fingerprint density at radius 3 is 2.25 bits per heavy atom. The SMILES string of the molecule is CCOCCC(CCOC(=O)O)OCC(CC)OCC. The quantitative estimate of drug-likeness (QED) is 0.415. The molecule has 0 heterocycles. The van der Waals surface area contributed by atoms with E-state index in [2.05, 4.69) is 4.74 Å². The minimum Gasteiger partial charge on any atom is -0.450 e. The van der Waals surface area contributed by atoms with Crippen LogP contribution in [0.1, 0.15) is 40.0 Å². The summed E-state index contributed by atoms with van der Waals surface area (Å²) in [6.45, 7) is 8.50. The normalized spacial score (nSPS) is 13.9. The van der Waals surface area contributed by atoms with Crippen LogP contribution < -0.4 is 0 Å². The van der Waals surface area contributed by atoms with Crippen LogP contribution in [-0.2, 0) is 18.9 Å². The number of carboxylic acid groups (broad SMARTS) is 1. The molecule has 0 bridgehead atoms. The van der Waals surface area contributed by atoms with Crippen LogP contribution in [0.3, 0.4) is 0 Å². The molecule has 0 aromatic heterocycles. The van der Waals surface area contributed by atoms with Crippen LogP contribution >= 0.6 is 0 Å². The van der Waals surface area contributed by atoms with Gasteiger partial charge in [0.2, 0.25) is 0 Å². The zero-order valence-corrected chi connectivity index (χ0v) is 12.8. The minimum absolute atomic E-state index is 0.0737. The Hall–Kier alpha value is -0.850. The predicted octanol–water partition coefficient (Wildman–Crippen LogP) is 2.70. The van der Waals surface area contributed by atoms with E-state index in [9.17, 15) is 4.79 Å². The molecule has 0 saturated heterocycles. The van der Waals surface area contributed by atoms with Crippen molar-refractivity contribution in [2.24, 2.45) is 0 Å². The first kappa shape index (κ1) is 19.1. The van der Waals surface area contributed by atoms with E-state index in [1.165, 1.54) is 0 Å². The van der Waals surface area contributed by atoms with Gasteiger partial charge in [0.15, 0.2) is 0 Å². The largest absolute Gasteiger partial charge is 0.505 e. The Balaban J connectivity index is 4.03. The number of hydrogen-bond donors (Lipinski definition) is 1. The third kappa shape index (κ3) is 11.0. The molecule has 2 unspecified atom stereocenters. The van der Waals surface area contributed by atoms with Crippen LogP contribution in [0.2, 0.25) is 0 Å². The Kier molecular flexibility index (Phi) is 12.6. The minimum atomic E-state index is -1.26. The highest BCUT2D eigenvalue weighted by molar-refractivity contribution is 5.56. The van der Waals surface area contributed by atoms with Crippen molar-refractivity contribution in [2.75, 3.05) is 33.0 Å². The Labute approximate surface area is 121 Å². The molecule has 6 nitrogen and oxygen atoms in total. The molecule has 0 amide bonds. The van der Waals surface area contributed by atoms with Gasteiger partial charge in [-0.15, -0.1) is 0 Å². The van der Waals surface area contributed by atoms with E-state index in [0.717, 1.165) is 12.8 Å². The molecule has 1 N–H and O–H groups in total. The van der Waals surface area contributed by atoms with E-state index in [-0.39, 0.29) is 18.8 Å². The van der Waals surface area contributed by atoms with Gasteiger partial charge in [0.25, 0.3) is 0 Å². The van der Waals surface area contributed by atoms with E-state index in [0.29, 0.717) is 32.8 Å². The molecule has 0 aromatic carbocycles. The zero-order valence-electron chi connectivity index (χ0n) is 12.8. The van der Waals surface area contributed by atoms with Crippen LogP contribution in [-0.4, -0.2) is 56.5 Å². The first-order valence-corrected chi connectivity index (χ1v) is 7.30. The molecule has 0 saturated carbocycles. The fourth-order valence-corrected chi connectivity index (χ4v) is 1.71. The Bertz CT molecular complexity index is 234. The first-order chi connectivity index (χ1) is 9.63. The van der Waals surface area contributed by atoms with Crippen molar-refractivity contribution in [3.8, 4) is 0 Å². The van der Waals surface area contributed by atoms with Gasteiger partial charge in [0.05, 0.1) is 25.4 Å². The van der Waals surface area contributed by atoms with Crippen molar-refractivity contribution >= 4 is 6.16 Å². The van der Waals surface area contributed by atoms with Gasteiger partial charge in [-0.2, -0.15) is 0 Å². The van der Waals surface area contributed by atoms with Crippen molar-refractivity contribution in [3.05, 3.63) is 0 Å². The highest BCUT2D eigenvalue weighted by atomic mass is 16.7. The second-order valence-electron chi connectivity index (χ2n) is 4.33. The summed E-state index contributed by atoms with van der Waals surface area (Å²) in [5.41, 5.74) is 0. The fourth-order valence-electron chi connectivity index (χ4n) is 1.71. The third-order valence-electron chi connectivity index (χ3n) is 2.83. The zero-order chi connectivity index (χ0) is 15.2. The average Bonchev–Trinajstić information content (AvgIpc) is 2.42. The summed E-state index contributed by atoms with van der Waals surface area (Å²) < 4.78 is 21.2. The summed E-state index contributed by atoms with van der Waals surface area (Å²) in [7, 11) is 0. The molecule has 0 aliphatic heterocycles. The van der Waals surface area contributed by atoms with Crippen LogP contribution in [0.25, 0.3) is 0 Å². The lowest BCUT2D eigenvalue weighted by atomic mass is 10.2. The fraction of sp³-hybridized carbons (Fsp3) is 0.929. The van der Waals surface area contributed by atoms with Crippen molar-refractivity contribution in [1.29, 1.82) is 0 Å². The monoisotopic (exact) mass is 292 g/mol. The van der Waals surface area contributed by atoms with E-state index >= 15 is 0 Å². The number of ether oxygens (including phenoxy) is 4.